The highest BCUT2D eigenvalue weighted by atomic mass is 16.3. The van der Waals surface area contributed by atoms with E-state index in [4.69, 9.17) is 0 Å². The Morgan fingerprint density at radius 3 is 2.43 bits per heavy atom. The SMILES string of the molecule is CC(C)C(CNC(=O)NC1CCCCC1O)N1CCN(C)CC1. The van der Waals surface area contributed by atoms with Gasteiger partial charge in [0.1, 0.15) is 0 Å². The van der Waals surface area contributed by atoms with Crippen LogP contribution in [0.3, 0.4) is 0 Å². The number of amides is 2. The van der Waals surface area contributed by atoms with E-state index in [2.05, 4.69) is 41.3 Å². The summed E-state index contributed by atoms with van der Waals surface area (Å²) in [6.07, 6.45) is 3.41. The Morgan fingerprint density at radius 1 is 1.17 bits per heavy atom. The summed E-state index contributed by atoms with van der Waals surface area (Å²) in [5.41, 5.74) is 0. The number of hydrogen-bond acceptors (Lipinski definition) is 4. The third kappa shape index (κ3) is 5.62. The summed E-state index contributed by atoms with van der Waals surface area (Å²) in [4.78, 5) is 17.0. The zero-order valence-corrected chi connectivity index (χ0v) is 14.9. The van der Waals surface area contributed by atoms with Gasteiger partial charge in [0, 0.05) is 38.8 Å². The summed E-state index contributed by atoms with van der Waals surface area (Å²) in [5, 5.41) is 15.9. The standard InChI is InChI=1S/C17H34N4O2/c1-13(2)15(21-10-8-20(3)9-11-21)12-18-17(23)19-14-6-4-5-7-16(14)22/h13-16,22H,4-12H2,1-3H3,(H2,18,19,23). The van der Waals surface area contributed by atoms with Crippen molar-refractivity contribution < 1.29 is 9.90 Å². The Balaban J connectivity index is 1.77. The van der Waals surface area contributed by atoms with E-state index in [1.165, 1.54) is 0 Å². The number of hydrogen-bond donors (Lipinski definition) is 3. The molecule has 3 N–H and O–H groups in total. The van der Waals surface area contributed by atoms with Crippen LogP contribution in [-0.4, -0.2) is 78.9 Å². The number of piperazine rings is 1. The van der Waals surface area contributed by atoms with Crippen molar-refractivity contribution in [2.45, 2.75) is 57.7 Å². The van der Waals surface area contributed by atoms with Crippen LogP contribution < -0.4 is 10.6 Å². The second kappa shape index (κ2) is 8.85. The maximum atomic E-state index is 12.2. The second-order valence-corrected chi connectivity index (χ2v) is 7.46. The van der Waals surface area contributed by atoms with Crippen LogP contribution in [0.1, 0.15) is 39.5 Å². The number of likely N-dealkylation sites (N-methyl/N-ethyl adjacent to an activating group) is 1. The molecule has 1 saturated carbocycles. The van der Waals surface area contributed by atoms with E-state index in [0.717, 1.165) is 51.9 Å². The zero-order chi connectivity index (χ0) is 16.8. The van der Waals surface area contributed by atoms with E-state index in [1.54, 1.807) is 0 Å². The Bertz CT molecular complexity index is 370. The van der Waals surface area contributed by atoms with E-state index in [9.17, 15) is 9.90 Å². The molecule has 6 heteroatoms. The Morgan fingerprint density at radius 2 is 1.83 bits per heavy atom. The molecule has 2 aliphatic rings. The first-order valence-corrected chi connectivity index (χ1v) is 9.12. The van der Waals surface area contributed by atoms with Crippen LogP contribution in [0.2, 0.25) is 0 Å². The first-order valence-electron chi connectivity index (χ1n) is 9.12. The van der Waals surface area contributed by atoms with Gasteiger partial charge in [-0.1, -0.05) is 26.7 Å². The average molecular weight is 326 g/mol. The van der Waals surface area contributed by atoms with Crippen LogP contribution in [0.15, 0.2) is 0 Å². The molecular weight excluding hydrogens is 292 g/mol. The molecule has 1 aliphatic heterocycles. The van der Waals surface area contributed by atoms with Crippen molar-refractivity contribution in [1.82, 2.24) is 20.4 Å². The number of nitrogens with one attached hydrogen (secondary N) is 2. The summed E-state index contributed by atoms with van der Waals surface area (Å²) in [7, 11) is 2.16. The molecule has 2 amide bonds. The number of aliphatic hydroxyl groups is 1. The van der Waals surface area contributed by atoms with Gasteiger partial charge >= 0.3 is 6.03 Å². The minimum atomic E-state index is -0.395. The van der Waals surface area contributed by atoms with Crippen molar-refractivity contribution in [2.24, 2.45) is 5.92 Å². The molecule has 0 aromatic carbocycles. The summed E-state index contributed by atoms with van der Waals surface area (Å²) in [5.74, 6) is 0.499. The molecule has 2 fully saturated rings. The van der Waals surface area contributed by atoms with E-state index < -0.39 is 6.10 Å². The predicted molar refractivity (Wildman–Crippen MR) is 92.5 cm³/mol. The summed E-state index contributed by atoms with van der Waals surface area (Å²) in [6, 6.07) is 0.131. The molecule has 0 radical (unpaired) electrons. The van der Waals surface area contributed by atoms with Gasteiger partial charge in [0.2, 0.25) is 0 Å². The number of aliphatic hydroxyl groups excluding tert-OH is 1. The fraction of sp³-hybridized carbons (Fsp3) is 0.941. The topological polar surface area (TPSA) is 67.8 Å². The van der Waals surface area contributed by atoms with Gasteiger partial charge in [0.25, 0.3) is 0 Å². The van der Waals surface area contributed by atoms with E-state index in [1.807, 2.05) is 0 Å². The fourth-order valence-electron chi connectivity index (χ4n) is 3.64. The normalized spacial score (nSPS) is 28.6. The van der Waals surface area contributed by atoms with Crippen LogP contribution >= 0.6 is 0 Å². The molecule has 3 unspecified atom stereocenters. The summed E-state index contributed by atoms with van der Waals surface area (Å²) < 4.78 is 0. The monoisotopic (exact) mass is 326 g/mol. The Hall–Kier alpha value is -0.850. The van der Waals surface area contributed by atoms with Gasteiger partial charge in [-0.2, -0.15) is 0 Å². The number of urea groups is 1. The molecule has 3 atom stereocenters. The van der Waals surface area contributed by atoms with Crippen molar-refractivity contribution in [3.63, 3.8) is 0 Å². The first kappa shape index (κ1) is 18.5. The fourth-order valence-corrected chi connectivity index (χ4v) is 3.64. The lowest BCUT2D eigenvalue weighted by Crippen LogP contribution is -2.56. The van der Waals surface area contributed by atoms with Crippen LogP contribution in [-0.2, 0) is 0 Å². The van der Waals surface area contributed by atoms with Gasteiger partial charge in [0.15, 0.2) is 0 Å². The zero-order valence-electron chi connectivity index (χ0n) is 14.9. The maximum Gasteiger partial charge on any atom is 0.315 e. The van der Waals surface area contributed by atoms with E-state index in [0.29, 0.717) is 18.5 Å². The van der Waals surface area contributed by atoms with Crippen LogP contribution in [0.25, 0.3) is 0 Å². The van der Waals surface area contributed by atoms with E-state index in [-0.39, 0.29) is 12.1 Å². The molecule has 6 nitrogen and oxygen atoms in total. The lowest BCUT2D eigenvalue weighted by Gasteiger charge is -2.40. The van der Waals surface area contributed by atoms with Crippen LogP contribution in [0.5, 0.6) is 0 Å². The lowest BCUT2D eigenvalue weighted by molar-refractivity contribution is 0.0852. The van der Waals surface area contributed by atoms with Crippen molar-refractivity contribution in [3.05, 3.63) is 0 Å². The van der Waals surface area contributed by atoms with Crippen LogP contribution in [0, 0.1) is 5.92 Å². The van der Waals surface area contributed by atoms with Gasteiger partial charge in [-0.25, -0.2) is 4.79 Å². The quantitative estimate of drug-likeness (QED) is 0.701. The smallest absolute Gasteiger partial charge is 0.315 e. The molecule has 0 aromatic heterocycles. The molecule has 134 valence electrons. The second-order valence-electron chi connectivity index (χ2n) is 7.46. The molecule has 0 aromatic rings. The summed E-state index contributed by atoms with van der Waals surface area (Å²) in [6.45, 7) is 9.39. The van der Waals surface area contributed by atoms with Gasteiger partial charge in [-0.05, 0) is 25.8 Å². The number of rotatable bonds is 5. The lowest BCUT2D eigenvalue weighted by atomic mass is 9.93. The minimum Gasteiger partial charge on any atom is -0.391 e. The van der Waals surface area contributed by atoms with Gasteiger partial charge in [-0.15, -0.1) is 0 Å². The number of carbonyl (C=O) groups excluding carboxylic acids is 1. The number of carbonyl (C=O) groups is 1. The highest BCUT2D eigenvalue weighted by Gasteiger charge is 2.27. The molecule has 2 rings (SSSR count). The molecule has 1 saturated heterocycles. The Labute approximate surface area is 140 Å². The van der Waals surface area contributed by atoms with Crippen molar-refractivity contribution in [1.29, 1.82) is 0 Å². The highest BCUT2D eigenvalue weighted by Crippen LogP contribution is 2.18. The Kier molecular flexibility index (Phi) is 7.11. The molecule has 0 bridgehead atoms. The van der Waals surface area contributed by atoms with Gasteiger partial charge in [0.05, 0.1) is 12.1 Å². The van der Waals surface area contributed by atoms with E-state index >= 15 is 0 Å². The third-order valence-electron chi connectivity index (χ3n) is 5.29. The third-order valence-corrected chi connectivity index (χ3v) is 5.29. The predicted octanol–water partition coefficient (Wildman–Crippen LogP) is 0.861. The minimum absolute atomic E-state index is 0.0927. The van der Waals surface area contributed by atoms with Crippen molar-refractivity contribution in [3.8, 4) is 0 Å². The number of nitrogens with zero attached hydrogens (tertiary/aromatic N) is 2. The average Bonchev–Trinajstić information content (AvgIpc) is 2.51. The summed E-state index contributed by atoms with van der Waals surface area (Å²) >= 11 is 0. The largest absolute Gasteiger partial charge is 0.391 e. The maximum absolute atomic E-state index is 12.2. The molecular formula is C17H34N4O2. The van der Waals surface area contributed by atoms with Crippen LogP contribution in [0.4, 0.5) is 4.79 Å². The van der Waals surface area contributed by atoms with Gasteiger partial charge < -0.3 is 20.6 Å². The van der Waals surface area contributed by atoms with Gasteiger partial charge in [-0.3, -0.25) is 4.90 Å². The first-order chi connectivity index (χ1) is 11.0. The molecule has 1 aliphatic carbocycles. The molecule has 23 heavy (non-hydrogen) atoms. The highest BCUT2D eigenvalue weighted by molar-refractivity contribution is 5.74. The molecule has 1 heterocycles. The van der Waals surface area contributed by atoms with Crippen molar-refractivity contribution in [2.75, 3.05) is 39.8 Å². The molecule has 0 spiro atoms. The van der Waals surface area contributed by atoms with Crippen molar-refractivity contribution >= 4 is 6.03 Å².